The molecular formula is C20H22N2O2S2. The van der Waals surface area contributed by atoms with E-state index in [1.54, 1.807) is 18.4 Å². The number of methoxy groups -OCH3 is 1. The minimum Gasteiger partial charge on any atom is -0.497 e. The van der Waals surface area contributed by atoms with Gasteiger partial charge in [0.15, 0.2) is 0 Å². The SMILES string of the molecule is COc1ccc2nc(CN3CCC4(CC3)OCCc3ccsc34)sc2c1. The zero-order valence-corrected chi connectivity index (χ0v) is 16.5. The predicted octanol–water partition coefficient (Wildman–Crippen LogP) is 4.43. The zero-order chi connectivity index (χ0) is 17.6. The first-order valence-electron chi connectivity index (χ1n) is 9.12. The van der Waals surface area contributed by atoms with Gasteiger partial charge in [-0.25, -0.2) is 4.98 Å². The van der Waals surface area contributed by atoms with Gasteiger partial charge in [-0.1, -0.05) is 0 Å². The number of thiophene rings is 1. The van der Waals surface area contributed by atoms with Gasteiger partial charge < -0.3 is 9.47 Å². The van der Waals surface area contributed by atoms with Crippen molar-refractivity contribution >= 4 is 32.9 Å². The molecule has 5 rings (SSSR count). The second kappa shape index (κ2) is 6.60. The summed E-state index contributed by atoms with van der Waals surface area (Å²) in [5.41, 5.74) is 2.55. The highest BCUT2D eigenvalue weighted by molar-refractivity contribution is 7.18. The Morgan fingerprint density at radius 3 is 3.00 bits per heavy atom. The summed E-state index contributed by atoms with van der Waals surface area (Å²) in [7, 11) is 1.71. The standard InChI is InChI=1S/C20H22N2O2S2/c1-23-15-2-3-16-17(12-15)26-18(21-16)13-22-8-6-20(7-9-22)19-14(4-10-24-20)5-11-25-19/h2-3,5,11-12H,4,6-10,13H2,1H3. The molecule has 0 aliphatic carbocycles. The van der Waals surface area contributed by atoms with Crippen LogP contribution in [0.5, 0.6) is 5.75 Å². The molecule has 1 fully saturated rings. The number of aromatic nitrogens is 1. The molecule has 2 aliphatic rings. The molecule has 0 amide bonds. The maximum Gasteiger partial charge on any atom is 0.120 e. The fraction of sp³-hybridized carbons (Fsp3) is 0.450. The van der Waals surface area contributed by atoms with Crippen LogP contribution in [0.2, 0.25) is 0 Å². The molecule has 0 atom stereocenters. The summed E-state index contributed by atoms with van der Waals surface area (Å²) in [6, 6.07) is 8.39. The van der Waals surface area contributed by atoms with E-state index in [1.807, 2.05) is 23.5 Å². The molecule has 0 saturated carbocycles. The van der Waals surface area contributed by atoms with E-state index in [2.05, 4.69) is 22.4 Å². The topological polar surface area (TPSA) is 34.6 Å². The van der Waals surface area contributed by atoms with Crippen molar-refractivity contribution in [2.24, 2.45) is 0 Å². The molecule has 0 bridgehead atoms. The van der Waals surface area contributed by atoms with E-state index in [4.69, 9.17) is 14.5 Å². The Hall–Kier alpha value is -1.47. The molecule has 4 nitrogen and oxygen atoms in total. The lowest BCUT2D eigenvalue weighted by atomic mass is 9.85. The summed E-state index contributed by atoms with van der Waals surface area (Å²) in [5, 5.41) is 3.41. The van der Waals surface area contributed by atoms with Crippen LogP contribution in [0.1, 0.15) is 28.3 Å². The molecule has 26 heavy (non-hydrogen) atoms. The first kappa shape index (κ1) is 16.7. The van der Waals surface area contributed by atoms with Crippen molar-refractivity contribution < 1.29 is 9.47 Å². The average Bonchev–Trinajstić information content (AvgIpc) is 3.30. The van der Waals surface area contributed by atoms with Gasteiger partial charge in [0, 0.05) is 18.0 Å². The zero-order valence-electron chi connectivity index (χ0n) is 14.9. The van der Waals surface area contributed by atoms with Crippen LogP contribution in [0, 0.1) is 0 Å². The summed E-state index contributed by atoms with van der Waals surface area (Å²) in [5.74, 6) is 0.897. The van der Waals surface area contributed by atoms with Gasteiger partial charge in [0.25, 0.3) is 0 Å². The Morgan fingerprint density at radius 1 is 1.27 bits per heavy atom. The van der Waals surface area contributed by atoms with E-state index in [0.717, 1.165) is 56.8 Å². The van der Waals surface area contributed by atoms with Gasteiger partial charge in [-0.15, -0.1) is 22.7 Å². The number of rotatable bonds is 3. The molecule has 2 aromatic heterocycles. The van der Waals surface area contributed by atoms with Gasteiger partial charge >= 0.3 is 0 Å². The normalized spacial score (nSPS) is 19.7. The molecule has 4 heterocycles. The van der Waals surface area contributed by atoms with Crippen molar-refractivity contribution in [2.45, 2.75) is 31.4 Å². The van der Waals surface area contributed by atoms with Crippen LogP contribution in [0.15, 0.2) is 29.6 Å². The Labute approximate surface area is 161 Å². The number of piperidine rings is 1. The van der Waals surface area contributed by atoms with Crippen molar-refractivity contribution in [1.29, 1.82) is 0 Å². The highest BCUT2D eigenvalue weighted by Crippen LogP contribution is 2.44. The summed E-state index contributed by atoms with van der Waals surface area (Å²) in [6.07, 6.45) is 3.23. The number of hydrogen-bond donors (Lipinski definition) is 0. The molecule has 6 heteroatoms. The molecule has 136 valence electrons. The molecular weight excluding hydrogens is 364 g/mol. The molecule has 1 spiro atoms. The first-order chi connectivity index (χ1) is 12.8. The van der Waals surface area contributed by atoms with Crippen molar-refractivity contribution in [3.63, 3.8) is 0 Å². The van der Waals surface area contributed by atoms with E-state index in [0.29, 0.717) is 0 Å². The molecule has 3 aromatic rings. The lowest BCUT2D eigenvalue weighted by Gasteiger charge is -2.43. The average molecular weight is 387 g/mol. The van der Waals surface area contributed by atoms with Gasteiger partial charge in [0.05, 0.1) is 30.5 Å². The largest absolute Gasteiger partial charge is 0.497 e. The van der Waals surface area contributed by atoms with E-state index in [9.17, 15) is 0 Å². The molecule has 1 aromatic carbocycles. The Kier molecular flexibility index (Phi) is 4.24. The third kappa shape index (κ3) is 2.85. The maximum atomic E-state index is 6.32. The number of benzene rings is 1. The van der Waals surface area contributed by atoms with Gasteiger partial charge in [0.2, 0.25) is 0 Å². The van der Waals surface area contributed by atoms with Gasteiger partial charge in [-0.05, 0) is 54.5 Å². The van der Waals surface area contributed by atoms with Crippen LogP contribution in [0.3, 0.4) is 0 Å². The molecule has 0 N–H and O–H groups in total. The monoisotopic (exact) mass is 386 g/mol. The number of nitrogens with zero attached hydrogens (tertiary/aromatic N) is 2. The third-order valence-electron chi connectivity index (χ3n) is 5.57. The van der Waals surface area contributed by atoms with Crippen molar-refractivity contribution in [1.82, 2.24) is 9.88 Å². The van der Waals surface area contributed by atoms with Crippen LogP contribution >= 0.6 is 22.7 Å². The molecule has 2 aliphatic heterocycles. The van der Waals surface area contributed by atoms with Crippen LogP contribution in [-0.2, 0) is 23.3 Å². The Morgan fingerprint density at radius 2 is 2.15 bits per heavy atom. The fourth-order valence-corrected chi connectivity index (χ4v) is 6.34. The van der Waals surface area contributed by atoms with Crippen molar-refractivity contribution in [3.05, 3.63) is 45.1 Å². The molecule has 0 radical (unpaired) electrons. The van der Waals surface area contributed by atoms with E-state index >= 15 is 0 Å². The van der Waals surface area contributed by atoms with Crippen molar-refractivity contribution in [2.75, 3.05) is 26.8 Å². The van der Waals surface area contributed by atoms with E-state index in [1.165, 1.54) is 20.1 Å². The fourth-order valence-electron chi connectivity index (χ4n) is 4.14. The third-order valence-corrected chi connectivity index (χ3v) is 7.72. The van der Waals surface area contributed by atoms with Gasteiger partial charge in [-0.3, -0.25) is 4.90 Å². The lowest BCUT2D eigenvalue weighted by molar-refractivity contribution is -0.0960. The number of hydrogen-bond acceptors (Lipinski definition) is 6. The smallest absolute Gasteiger partial charge is 0.120 e. The van der Waals surface area contributed by atoms with Crippen LogP contribution in [-0.4, -0.2) is 36.7 Å². The number of likely N-dealkylation sites (tertiary alicyclic amines) is 1. The lowest BCUT2D eigenvalue weighted by Crippen LogP contribution is -2.45. The second-order valence-corrected chi connectivity index (χ2v) is 9.12. The van der Waals surface area contributed by atoms with E-state index < -0.39 is 0 Å². The quantitative estimate of drug-likeness (QED) is 0.667. The minimum atomic E-state index is -0.0286. The summed E-state index contributed by atoms with van der Waals surface area (Å²) in [6.45, 7) is 3.92. The molecule has 1 saturated heterocycles. The molecule has 0 unspecified atom stereocenters. The second-order valence-electron chi connectivity index (χ2n) is 7.09. The number of thiazole rings is 1. The summed E-state index contributed by atoms with van der Waals surface area (Å²) in [4.78, 5) is 8.81. The van der Waals surface area contributed by atoms with Gasteiger partial charge in [-0.2, -0.15) is 0 Å². The van der Waals surface area contributed by atoms with Crippen LogP contribution in [0.4, 0.5) is 0 Å². The van der Waals surface area contributed by atoms with Crippen LogP contribution < -0.4 is 4.74 Å². The minimum absolute atomic E-state index is 0.0286. The Bertz CT molecular complexity index is 925. The number of fused-ring (bicyclic) bond motifs is 3. The van der Waals surface area contributed by atoms with Crippen LogP contribution in [0.25, 0.3) is 10.2 Å². The highest BCUT2D eigenvalue weighted by Gasteiger charge is 2.41. The van der Waals surface area contributed by atoms with Crippen molar-refractivity contribution in [3.8, 4) is 5.75 Å². The summed E-state index contributed by atoms with van der Waals surface area (Å²) < 4.78 is 12.8. The highest BCUT2D eigenvalue weighted by atomic mass is 32.1. The number of ether oxygens (including phenoxy) is 2. The predicted molar refractivity (Wildman–Crippen MR) is 106 cm³/mol. The van der Waals surface area contributed by atoms with Gasteiger partial charge in [0.1, 0.15) is 16.4 Å². The summed E-state index contributed by atoms with van der Waals surface area (Å²) >= 11 is 3.65. The first-order valence-corrected chi connectivity index (χ1v) is 10.8. The Balaban J connectivity index is 1.30. The maximum absolute atomic E-state index is 6.32. The van der Waals surface area contributed by atoms with E-state index in [-0.39, 0.29) is 5.60 Å².